The lowest BCUT2D eigenvalue weighted by Gasteiger charge is -2.27. The third-order valence-corrected chi connectivity index (χ3v) is 7.49. The van der Waals surface area contributed by atoms with Gasteiger partial charge in [0.2, 0.25) is 5.91 Å². The van der Waals surface area contributed by atoms with Crippen LogP contribution in [0.15, 0.2) is 77.7 Å². The van der Waals surface area contributed by atoms with E-state index in [9.17, 15) is 13.2 Å². The third kappa shape index (κ3) is 5.17. The predicted octanol–water partition coefficient (Wildman–Crippen LogP) is 4.09. The van der Waals surface area contributed by atoms with E-state index < -0.39 is 15.9 Å². The summed E-state index contributed by atoms with van der Waals surface area (Å²) >= 11 is 0. The Bertz CT molecular complexity index is 1240. The molecule has 1 atom stereocenters. The lowest BCUT2D eigenvalue weighted by atomic mass is 10.1. The summed E-state index contributed by atoms with van der Waals surface area (Å²) in [7, 11) is -4.01. The van der Waals surface area contributed by atoms with E-state index in [1.54, 1.807) is 36.4 Å². The minimum Gasteiger partial charge on any atom is -0.486 e. The van der Waals surface area contributed by atoms with Gasteiger partial charge in [0.25, 0.3) is 10.0 Å². The van der Waals surface area contributed by atoms with Crippen LogP contribution in [-0.4, -0.2) is 34.1 Å². The van der Waals surface area contributed by atoms with Crippen LogP contribution in [0.4, 0.5) is 5.69 Å². The average molecular weight is 481 g/mol. The van der Waals surface area contributed by atoms with Gasteiger partial charge in [0, 0.05) is 6.07 Å². The summed E-state index contributed by atoms with van der Waals surface area (Å²) in [4.78, 5) is 13.1. The second-order valence-electron chi connectivity index (χ2n) is 8.04. The largest absolute Gasteiger partial charge is 0.486 e. The minimum atomic E-state index is -4.01. The molecule has 3 aromatic carbocycles. The molecule has 4 rings (SSSR count). The number of amides is 1. The first-order valence-corrected chi connectivity index (χ1v) is 12.7. The molecule has 0 bridgehead atoms. The second kappa shape index (κ2) is 10.2. The number of rotatable bonds is 8. The Morgan fingerprint density at radius 3 is 2.32 bits per heavy atom. The number of ether oxygens (including phenoxy) is 2. The van der Waals surface area contributed by atoms with Gasteiger partial charge in [-0.25, -0.2) is 8.42 Å². The van der Waals surface area contributed by atoms with Gasteiger partial charge >= 0.3 is 0 Å². The molecular weight excluding hydrogens is 452 g/mol. The normalized spacial score (nSPS) is 13.7. The molecule has 34 heavy (non-hydrogen) atoms. The smallest absolute Gasteiger partial charge is 0.264 e. The van der Waals surface area contributed by atoms with Crippen molar-refractivity contribution in [2.75, 3.05) is 24.1 Å². The third-order valence-electron chi connectivity index (χ3n) is 5.70. The summed E-state index contributed by atoms with van der Waals surface area (Å²) < 4.78 is 39.4. The highest BCUT2D eigenvalue weighted by Crippen LogP contribution is 2.35. The topological polar surface area (TPSA) is 84.9 Å². The Labute approximate surface area is 200 Å². The van der Waals surface area contributed by atoms with Crippen molar-refractivity contribution >= 4 is 21.6 Å². The number of anilines is 1. The molecule has 178 valence electrons. The maximum absolute atomic E-state index is 13.5. The molecule has 0 spiro atoms. The maximum atomic E-state index is 13.5. The molecule has 0 fully saturated rings. The number of nitrogens with one attached hydrogen (secondary N) is 1. The van der Waals surface area contributed by atoms with Crippen molar-refractivity contribution in [2.45, 2.75) is 31.2 Å². The second-order valence-corrected chi connectivity index (χ2v) is 9.90. The van der Waals surface area contributed by atoms with E-state index in [0.717, 1.165) is 16.3 Å². The number of nitrogens with zero attached hydrogens (tertiary/aromatic N) is 1. The molecule has 1 heterocycles. The van der Waals surface area contributed by atoms with Crippen molar-refractivity contribution in [1.82, 2.24) is 5.32 Å². The fourth-order valence-corrected chi connectivity index (χ4v) is 5.20. The van der Waals surface area contributed by atoms with Gasteiger partial charge in [0.1, 0.15) is 19.8 Å². The molecule has 0 aliphatic carbocycles. The highest BCUT2D eigenvalue weighted by Gasteiger charge is 2.29. The van der Waals surface area contributed by atoms with Crippen LogP contribution < -0.4 is 19.1 Å². The lowest BCUT2D eigenvalue weighted by molar-refractivity contribution is -0.120. The van der Waals surface area contributed by atoms with Crippen LogP contribution in [0.2, 0.25) is 0 Å². The molecular formula is C26H28N2O5S. The van der Waals surface area contributed by atoms with E-state index in [4.69, 9.17) is 9.47 Å². The zero-order valence-electron chi connectivity index (χ0n) is 19.2. The molecule has 1 aliphatic heterocycles. The van der Waals surface area contributed by atoms with E-state index in [0.29, 0.717) is 30.4 Å². The lowest BCUT2D eigenvalue weighted by Crippen LogP contribution is -2.41. The van der Waals surface area contributed by atoms with E-state index in [2.05, 4.69) is 12.2 Å². The zero-order chi connectivity index (χ0) is 24.1. The number of carbonyl (C=O) groups is 1. The number of fused-ring (bicyclic) bond motifs is 1. The molecule has 8 heteroatoms. The van der Waals surface area contributed by atoms with Crippen molar-refractivity contribution in [1.29, 1.82) is 0 Å². The first-order chi connectivity index (χ1) is 16.4. The van der Waals surface area contributed by atoms with Crippen molar-refractivity contribution < 1.29 is 22.7 Å². The van der Waals surface area contributed by atoms with Gasteiger partial charge in [-0.2, -0.15) is 0 Å². The molecule has 7 nitrogen and oxygen atoms in total. The number of benzene rings is 3. The highest BCUT2D eigenvalue weighted by molar-refractivity contribution is 7.92. The van der Waals surface area contributed by atoms with Crippen molar-refractivity contribution in [3.05, 3.63) is 83.9 Å². The van der Waals surface area contributed by atoms with Crippen LogP contribution in [0.3, 0.4) is 0 Å². The summed E-state index contributed by atoms with van der Waals surface area (Å²) in [5, 5.41) is 2.92. The number of hydrogen-bond acceptors (Lipinski definition) is 5. The minimum absolute atomic E-state index is 0.0980. The van der Waals surface area contributed by atoms with Crippen LogP contribution >= 0.6 is 0 Å². The standard InChI is InChI=1S/C26H28N2O5S/c1-3-20-9-11-21(12-10-20)19(2)27-26(29)18-28(34(30,31)23-7-5-4-6-8-23)22-13-14-24-25(17-22)33-16-15-32-24/h4-14,17,19H,3,15-16,18H2,1-2H3,(H,27,29)/t19-/m0/s1. The van der Waals surface area contributed by atoms with E-state index >= 15 is 0 Å². The van der Waals surface area contributed by atoms with Gasteiger partial charge in [-0.15, -0.1) is 0 Å². The van der Waals surface area contributed by atoms with E-state index in [1.807, 2.05) is 31.2 Å². The first-order valence-electron chi connectivity index (χ1n) is 11.2. The Balaban J connectivity index is 1.61. The summed E-state index contributed by atoms with van der Waals surface area (Å²) in [6, 6.07) is 20.7. The predicted molar refractivity (Wildman–Crippen MR) is 131 cm³/mol. The molecule has 0 saturated carbocycles. The van der Waals surface area contributed by atoms with Gasteiger partial charge in [0.05, 0.1) is 16.6 Å². The zero-order valence-corrected chi connectivity index (χ0v) is 20.0. The molecule has 0 saturated heterocycles. The summed E-state index contributed by atoms with van der Waals surface area (Å²) in [6.07, 6.45) is 0.933. The number of aryl methyl sites for hydroxylation is 1. The molecule has 3 aromatic rings. The number of carbonyl (C=O) groups excluding carboxylic acids is 1. The van der Waals surface area contributed by atoms with E-state index in [-0.39, 0.29) is 17.5 Å². The van der Waals surface area contributed by atoms with Crippen LogP contribution in [0.25, 0.3) is 0 Å². The van der Waals surface area contributed by atoms with Crippen LogP contribution in [0.5, 0.6) is 11.5 Å². The molecule has 1 amide bonds. The summed E-state index contributed by atoms with van der Waals surface area (Å²) in [6.45, 7) is 4.38. The summed E-state index contributed by atoms with van der Waals surface area (Å²) in [5.41, 5.74) is 2.48. The molecule has 1 aliphatic rings. The fraction of sp³-hybridized carbons (Fsp3) is 0.269. The highest BCUT2D eigenvalue weighted by atomic mass is 32.2. The van der Waals surface area contributed by atoms with E-state index in [1.165, 1.54) is 17.7 Å². The monoisotopic (exact) mass is 480 g/mol. The Morgan fingerprint density at radius 2 is 1.65 bits per heavy atom. The summed E-state index contributed by atoms with van der Waals surface area (Å²) in [5.74, 6) is 0.573. The Morgan fingerprint density at radius 1 is 0.971 bits per heavy atom. The van der Waals surface area contributed by atoms with Crippen molar-refractivity contribution in [3.63, 3.8) is 0 Å². The van der Waals surface area contributed by atoms with Crippen LogP contribution in [0.1, 0.15) is 31.0 Å². The maximum Gasteiger partial charge on any atom is 0.264 e. The van der Waals surface area contributed by atoms with Gasteiger partial charge in [-0.1, -0.05) is 49.4 Å². The molecule has 0 aromatic heterocycles. The number of sulfonamides is 1. The Hall–Kier alpha value is -3.52. The van der Waals surface area contributed by atoms with Gasteiger partial charge in [-0.3, -0.25) is 9.10 Å². The first kappa shape index (κ1) is 23.6. The Kier molecular flexibility index (Phi) is 7.07. The SMILES string of the molecule is CCc1ccc([C@H](C)NC(=O)CN(c2ccc3c(c2)OCCO3)S(=O)(=O)c2ccccc2)cc1. The van der Waals surface area contributed by atoms with Gasteiger partial charge < -0.3 is 14.8 Å². The molecule has 1 N–H and O–H groups in total. The van der Waals surface area contributed by atoms with Crippen LogP contribution in [-0.2, 0) is 21.2 Å². The van der Waals surface area contributed by atoms with Crippen molar-refractivity contribution in [2.24, 2.45) is 0 Å². The number of hydrogen-bond donors (Lipinski definition) is 1. The van der Waals surface area contributed by atoms with Crippen molar-refractivity contribution in [3.8, 4) is 11.5 Å². The average Bonchev–Trinajstić information content (AvgIpc) is 2.87. The fourth-order valence-electron chi connectivity index (χ4n) is 3.76. The van der Waals surface area contributed by atoms with Gasteiger partial charge in [0.15, 0.2) is 11.5 Å². The van der Waals surface area contributed by atoms with Gasteiger partial charge in [-0.05, 0) is 48.7 Å². The quantitative estimate of drug-likeness (QED) is 0.525. The van der Waals surface area contributed by atoms with Crippen LogP contribution in [0, 0.1) is 0 Å². The molecule has 0 unspecified atom stereocenters. The molecule has 0 radical (unpaired) electrons.